The van der Waals surface area contributed by atoms with Crippen LogP contribution in [0.2, 0.25) is 0 Å². The van der Waals surface area contributed by atoms with Crippen molar-refractivity contribution in [1.29, 1.82) is 0 Å². The number of ether oxygens (including phenoxy) is 2. The van der Waals surface area contributed by atoms with Gasteiger partial charge in [0.05, 0.1) is 42.8 Å². The molecule has 4 heterocycles. The number of nitrogens with one attached hydrogen (secondary N) is 1. The maximum atomic E-state index is 15.1. The van der Waals surface area contributed by atoms with Crippen molar-refractivity contribution in [3.05, 3.63) is 60.2 Å². The fraction of sp³-hybridized carbons (Fsp3) is 0.448. The lowest BCUT2D eigenvalue weighted by Crippen LogP contribution is -2.48. The SMILES string of the molecule is COc1ncc(N2CCOCC2)cc1SNc1ccnc(-c2ccc(CN3CCN(C(C)C)CC3)c(F)c2)c1. The number of methoxy groups -OCH3 is 1. The molecule has 10 heteroatoms. The van der Waals surface area contributed by atoms with Crippen LogP contribution in [0.15, 0.2) is 53.7 Å². The van der Waals surface area contributed by atoms with E-state index in [4.69, 9.17) is 9.47 Å². The summed E-state index contributed by atoms with van der Waals surface area (Å²) in [6.07, 6.45) is 3.57. The van der Waals surface area contributed by atoms with Crippen molar-refractivity contribution in [3.8, 4) is 17.1 Å². The Labute approximate surface area is 234 Å². The van der Waals surface area contributed by atoms with Crippen LogP contribution in [0.1, 0.15) is 19.4 Å². The molecule has 1 N–H and O–H groups in total. The average Bonchev–Trinajstić information content (AvgIpc) is 2.98. The molecule has 5 rings (SSSR count). The Morgan fingerprint density at radius 3 is 2.54 bits per heavy atom. The van der Waals surface area contributed by atoms with Gasteiger partial charge in [-0.05, 0) is 50.1 Å². The quantitative estimate of drug-likeness (QED) is 0.378. The first-order valence-electron chi connectivity index (χ1n) is 13.5. The van der Waals surface area contributed by atoms with E-state index in [9.17, 15) is 0 Å². The smallest absolute Gasteiger partial charge is 0.229 e. The van der Waals surface area contributed by atoms with Crippen LogP contribution in [0, 0.1) is 5.82 Å². The van der Waals surface area contributed by atoms with Gasteiger partial charge in [0.25, 0.3) is 0 Å². The van der Waals surface area contributed by atoms with Crippen molar-refractivity contribution in [2.24, 2.45) is 0 Å². The second kappa shape index (κ2) is 13.0. The molecule has 2 aliphatic heterocycles. The molecule has 2 fully saturated rings. The predicted molar refractivity (Wildman–Crippen MR) is 155 cm³/mol. The van der Waals surface area contributed by atoms with E-state index >= 15 is 4.39 Å². The lowest BCUT2D eigenvalue weighted by Gasteiger charge is -2.37. The number of anilines is 2. The van der Waals surface area contributed by atoms with Crippen molar-refractivity contribution in [2.75, 3.05) is 69.2 Å². The zero-order valence-electron chi connectivity index (χ0n) is 22.9. The zero-order chi connectivity index (χ0) is 27.2. The molecule has 208 valence electrons. The van der Waals surface area contributed by atoms with E-state index in [0.29, 0.717) is 37.4 Å². The first-order chi connectivity index (χ1) is 19.0. The van der Waals surface area contributed by atoms with E-state index in [1.54, 1.807) is 19.4 Å². The van der Waals surface area contributed by atoms with Gasteiger partial charge in [-0.3, -0.25) is 14.8 Å². The van der Waals surface area contributed by atoms with Crippen molar-refractivity contribution in [2.45, 2.75) is 31.3 Å². The summed E-state index contributed by atoms with van der Waals surface area (Å²) in [6, 6.07) is 11.9. The summed E-state index contributed by atoms with van der Waals surface area (Å²) in [5, 5.41) is 0. The molecule has 39 heavy (non-hydrogen) atoms. The maximum Gasteiger partial charge on any atom is 0.229 e. The summed E-state index contributed by atoms with van der Waals surface area (Å²) in [5.74, 6) is 0.367. The fourth-order valence-electron chi connectivity index (χ4n) is 4.92. The third kappa shape index (κ3) is 7.00. The summed E-state index contributed by atoms with van der Waals surface area (Å²) >= 11 is 1.43. The van der Waals surface area contributed by atoms with E-state index in [0.717, 1.165) is 66.7 Å². The molecule has 1 aromatic carbocycles. The number of halogens is 1. The van der Waals surface area contributed by atoms with Crippen molar-refractivity contribution < 1.29 is 13.9 Å². The van der Waals surface area contributed by atoms with Gasteiger partial charge in [0.2, 0.25) is 5.88 Å². The lowest BCUT2D eigenvalue weighted by molar-refractivity contribution is 0.103. The number of rotatable bonds is 9. The summed E-state index contributed by atoms with van der Waals surface area (Å²) in [6.45, 7) is 12.1. The minimum absolute atomic E-state index is 0.191. The second-order valence-electron chi connectivity index (χ2n) is 10.1. The van der Waals surface area contributed by atoms with Gasteiger partial charge in [-0.25, -0.2) is 9.37 Å². The van der Waals surface area contributed by atoms with Crippen LogP contribution >= 0.6 is 11.9 Å². The van der Waals surface area contributed by atoms with Gasteiger partial charge < -0.3 is 19.1 Å². The number of hydrogen-bond donors (Lipinski definition) is 1. The van der Waals surface area contributed by atoms with Crippen molar-refractivity contribution >= 4 is 23.3 Å². The lowest BCUT2D eigenvalue weighted by atomic mass is 10.1. The number of benzene rings is 1. The monoisotopic (exact) mass is 552 g/mol. The van der Waals surface area contributed by atoms with Gasteiger partial charge in [0.1, 0.15) is 5.82 Å². The van der Waals surface area contributed by atoms with E-state index < -0.39 is 0 Å². The van der Waals surface area contributed by atoms with E-state index in [2.05, 4.69) is 49.3 Å². The van der Waals surface area contributed by atoms with Crippen molar-refractivity contribution in [3.63, 3.8) is 0 Å². The van der Waals surface area contributed by atoms with E-state index in [1.165, 1.54) is 11.9 Å². The molecule has 0 bridgehead atoms. The molecule has 0 amide bonds. The number of hydrogen-bond acceptors (Lipinski definition) is 9. The summed E-state index contributed by atoms with van der Waals surface area (Å²) in [4.78, 5) is 16.9. The minimum Gasteiger partial charge on any atom is -0.480 e. The Balaban J connectivity index is 1.24. The molecule has 0 saturated carbocycles. The van der Waals surface area contributed by atoms with E-state index in [1.807, 2.05) is 30.5 Å². The molecule has 2 saturated heterocycles. The third-order valence-corrected chi connectivity index (χ3v) is 8.14. The maximum absolute atomic E-state index is 15.1. The number of pyridine rings is 2. The Morgan fingerprint density at radius 1 is 1.03 bits per heavy atom. The molecular formula is C29H37FN6O2S. The van der Waals surface area contributed by atoms with E-state index in [-0.39, 0.29) is 5.82 Å². The minimum atomic E-state index is -0.191. The molecule has 0 atom stereocenters. The van der Waals surface area contributed by atoms with Gasteiger partial charge in [0, 0.05) is 74.9 Å². The number of piperazine rings is 1. The summed E-state index contributed by atoms with van der Waals surface area (Å²) < 4.78 is 29.5. The van der Waals surface area contributed by atoms with Gasteiger partial charge in [0.15, 0.2) is 0 Å². The van der Waals surface area contributed by atoms with Gasteiger partial charge in [-0.15, -0.1) is 0 Å². The third-order valence-electron chi connectivity index (χ3n) is 7.29. The molecular weight excluding hydrogens is 515 g/mol. The van der Waals surface area contributed by atoms with Crippen LogP contribution in [0.4, 0.5) is 15.8 Å². The molecule has 2 aliphatic rings. The first-order valence-corrected chi connectivity index (χ1v) is 14.3. The Hall–Kier alpha value is -2.92. The Morgan fingerprint density at radius 2 is 1.82 bits per heavy atom. The van der Waals surface area contributed by atoms with Crippen LogP contribution in [0.3, 0.4) is 0 Å². The molecule has 0 aliphatic carbocycles. The predicted octanol–water partition coefficient (Wildman–Crippen LogP) is 4.77. The summed E-state index contributed by atoms with van der Waals surface area (Å²) in [5.41, 5.74) is 4.08. The number of morpholine rings is 1. The molecule has 0 unspecified atom stereocenters. The highest BCUT2D eigenvalue weighted by Crippen LogP contribution is 2.33. The van der Waals surface area contributed by atoms with Gasteiger partial charge >= 0.3 is 0 Å². The Bertz CT molecular complexity index is 1250. The standard InChI is InChI=1S/C29H37FN6O2S/c1-21(2)35-10-8-34(9-11-35)20-23-5-4-22(16-26(23)30)27-17-24(6-7-31-27)33-39-28-18-25(19-32-29(28)37-3)36-12-14-38-15-13-36/h4-7,16-19,21H,8-15,20H2,1-3H3,(H,31,33). The second-order valence-corrected chi connectivity index (χ2v) is 11.0. The van der Waals surface area contributed by atoms with Crippen molar-refractivity contribution in [1.82, 2.24) is 19.8 Å². The van der Waals surface area contributed by atoms with Gasteiger partial charge in [-0.2, -0.15) is 0 Å². The highest BCUT2D eigenvalue weighted by Gasteiger charge is 2.20. The topological polar surface area (TPSA) is 66.0 Å². The molecule has 8 nitrogen and oxygen atoms in total. The number of nitrogens with zero attached hydrogens (tertiary/aromatic N) is 5. The first kappa shape index (κ1) is 27.6. The number of aromatic nitrogens is 2. The van der Waals surface area contributed by atoms with Crippen LogP contribution in [0.5, 0.6) is 5.88 Å². The Kier molecular flexibility index (Phi) is 9.18. The van der Waals surface area contributed by atoms with Crippen LogP contribution < -0.4 is 14.4 Å². The van der Waals surface area contributed by atoms with Gasteiger partial charge in [-0.1, -0.05) is 12.1 Å². The highest BCUT2D eigenvalue weighted by molar-refractivity contribution is 8.00. The normalized spacial score (nSPS) is 17.0. The molecule has 3 aromatic rings. The van der Waals surface area contributed by atoms with Crippen LogP contribution in [-0.4, -0.2) is 85.4 Å². The fourth-order valence-corrected chi connectivity index (χ4v) is 5.68. The average molecular weight is 553 g/mol. The molecule has 0 radical (unpaired) electrons. The summed E-state index contributed by atoms with van der Waals surface area (Å²) in [7, 11) is 1.62. The zero-order valence-corrected chi connectivity index (χ0v) is 23.7. The molecule has 2 aromatic heterocycles. The molecule has 0 spiro atoms. The van der Waals surface area contributed by atoms with Crippen LogP contribution in [0.25, 0.3) is 11.3 Å². The highest BCUT2D eigenvalue weighted by atomic mass is 32.2. The largest absolute Gasteiger partial charge is 0.480 e. The van der Waals surface area contributed by atoms with Crippen LogP contribution in [-0.2, 0) is 11.3 Å².